The van der Waals surface area contributed by atoms with Gasteiger partial charge >= 0.3 is 10.8 Å². The van der Waals surface area contributed by atoms with E-state index in [1.807, 2.05) is 30.3 Å². The fourth-order valence-corrected chi connectivity index (χ4v) is 7.32. The van der Waals surface area contributed by atoms with E-state index >= 15 is 0 Å². The van der Waals surface area contributed by atoms with Crippen molar-refractivity contribution in [2.75, 3.05) is 7.11 Å². The largest absolute Gasteiger partial charge is 0.497 e. The number of rotatable bonds is 5. The minimum Gasteiger partial charge on any atom is -0.497 e. The summed E-state index contributed by atoms with van der Waals surface area (Å²) in [4.78, 5) is 41.7. The number of hydrogen-bond acceptors (Lipinski definition) is 6. The molecule has 6 nitrogen and oxygen atoms in total. The van der Waals surface area contributed by atoms with Crippen LogP contribution in [0.5, 0.6) is 5.75 Å². The third-order valence-electron chi connectivity index (χ3n) is 6.51. The molecule has 0 radical (unpaired) electrons. The van der Waals surface area contributed by atoms with E-state index in [0.717, 1.165) is 54.3 Å². The first kappa shape index (κ1) is 22.0. The second kappa shape index (κ2) is 8.83. The van der Waals surface area contributed by atoms with Gasteiger partial charge in [0.25, 0.3) is 0 Å². The number of methoxy groups -OCH3 is 1. The summed E-state index contributed by atoms with van der Waals surface area (Å²) in [6.45, 7) is 0. The SMILES string of the molecule is COc1ccc([C@@H]2c3sc(=O)[nH]c3S[C@@H](C(=O)O)[C@@H]2C(=O)c2ccc3c(c2)CCCC3)cc1. The van der Waals surface area contributed by atoms with Crippen molar-refractivity contribution < 1.29 is 19.4 Å². The van der Waals surface area contributed by atoms with E-state index < -0.39 is 23.1 Å². The lowest BCUT2D eigenvalue weighted by Gasteiger charge is -2.34. The number of carboxylic acid groups (broad SMARTS) is 1. The molecule has 1 aromatic heterocycles. The number of hydrogen-bond donors (Lipinski definition) is 2. The fraction of sp³-hybridized carbons (Fsp3) is 0.320. The van der Waals surface area contributed by atoms with Crippen LogP contribution in [0.15, 0.2) is 52.3 Å². The summed E-state index contributed by atoms with van der Waals surface area (Å²) in [6, 6.07) is 13.1. The zero-order valence-electron chi connectivity index (χ0n) is 18.0. The molecule has 3 aromatic rings. The Balaban J connectivity index is 1.64. The van der Waals surface area contributed by atoms with Crippen LogP contribution in [-0.2, 0) is 17.6 Å². The zero-order chi connectivity index (χ0) is 23.1. The topological polar surface area (TPSA) is 96.5 Å². The van der Waals surface area contributed by atoms with E-state index in [0.29, 0.717) is 21.2 Å². The second-order valence-corrected chi connectivity index (χ2v) is 10.6. The summed E-state index contributed by atoms with van der Waals surface area (Å²) >= 11 is 2.11. The number of aryl methyl sites for hydroxylation is 2. The molecule has 0 saturated heterocycles. The average Bonchev–Trinajstić information content (AvgIpc) is 3.22. The zero-order valence-corrected chi connectivity index (χ0v) is 19.6. The van der Waals surface area contributed by atoms with Gasteiger partial charge < -0.3 is 14.8 Å². The molecule has 33 heavy (non-hydrogen) atoms. The van der Waals surface area contributed by atoms with Gasteiger partial charge in [-0.15, -0.1) is 0 Å². The number of carbonyl (C=O) groups excluding carboxylic acids is 1. The third-order valence-corrected chi connectivity index (χ3v) is 8.91. The summed E-state index contributed by atoms with van der Waals surface area (Å²) in [7, 11) is 1.57. The first-order valence-electron chi connectivity index (χ1n) is 10.9. The molecule has 0 saturated carbocycles. The van der Waals surface area contributed by atoms with Gasteiger partial charge in [-0.1, -0.05) is 47.4 Å². The number of carboxylic acids is 1. The number of aromatic nitrogens is 1. The highest BCUT2D eigenvalue weighted by atomic mass is 32.2. The first-order valence-corrected chi connectivity index (χ1v) is 12.6. The number of carbonyl (C=O) groups is 2. The maximum Gasteiger partial charge on any atom is 0.317 e. The Morgan fingerprint density at radius 1 is 1.06 bits per heavy atom. The molecule has 0 unspecified atom stereocenters. The molecule has 2 aliphatic rings. The molecule has 1 aliphatic carbocycles. The van der Waals surface area contributed by atoms with Crippen LogP contribution in [0, 0.1) is 5.92 Å². The van der Waals surface area contributed by atoms with Crippen LogP contribution in [0.1, 0.15) is 50.7 Å². The number of nitrogens with one attached hydrogen (secondary N) is 1. The van der Waals surface area contributed by atoms with Gasteiger partial charge in [0, 0.05) is 16.4 Å². The molecule has 170 valence electrons. The van der Waals surface area contributed by atoms with Gasteiger partial charge in [-0.2, -0.15) is 0 Å². The summed E-state index contributed by atoms with van der Waals surface area (Å²) in [5.41, 5.74) is 3.77. The van der Waals surface area contributed by atoms with E-state index in [1.54, 1.807) is 19.2 Å². The number of H-pyrrole nitrogens is 1. The van der Waals surface area contributed by atoms with E-state index in [-0.39, 0.29) is 10.7 Å². The Hall–Kier alpha value is -2.84. The Kier molecular flexibility index (Phi) is 5.88. The van der Waals surface area contributed by atoms with Crippen molar-refractivity contribution in [2.24, 2.45) is 5.92 Å². The molecule has 5 rings (SSSR count). The van der Waals surface area contributed by atoms with Gasteiger partial charge in [-0.25, -0.2) is 0 Å². The van der Waals surface area contributed by atoms with Crippen LogP contribution in [0.25, 0.3) is 0 Å². The van der Waals surface area contributed by atoms with Crippen molar-refractivity contribution in [3.63, 3.8) is 0 Å². The number of fused-ring (bicyclic) bond motifs is 2. The molecule has 8 heteroatoms. The number of Topliss-reactive ketones (excluding diaryl/α,β-unsaturated/α-hetero) is 1. The molecule has 0 bridgehead atoms. The minimum atomic E-state index is -1.06. The maximum absolute atomic E-state index is 13.9. The molecule has 2 heterocycles. The van der Waals surface area contributed by atoms with Crippen molar-refractivity contribution in [3.05, 3.63) is 79.3 Å². The van der Waals surface area contributed by atoms with Gasteiger partial charge in [0.05, 0.1) is 18.1 Å². The Labute approximate surface area is 199 Å². The summed E-state index contributed by atoms with van der Waals surface area (Å²) in [5, 5.41) is 9.61. The molecule has 1 aliphatic heterocycles. The van der Waals surface area contributed by atoms with Crippen molar-refractivity contribution >= 4 is 34.9 Å². The Morgan fingerprint density at radius 3 is 2.48 bits per heavy atom. The van der Waals surface area contributed by atoms with E-state index in [2.05, 4.69) is 4.98 Å². The lowest BCUT2D eigenvalue weighted by Crippen LogP contribution is -2.39. The monoisotopic (exact) mass is 481 g/mol. The van der Waals surface area contributed by atoms with Gasteiger partial charge in [0.2, 0.25) is 0 Å². The van der Waals surface area contributed by atoms with Gasteiger partial charge in [0.1, 0.15) is 11.0 Å². The molecule has 0 spiro atoms. The highest BCUT2D eigenvalue weighted by molar-refractivity contribution is 8.00. The molecule has 0 fully saturated rings. The lowest BCUT2D eigenvalue weighted by atomic mass is 9.77. The number of aliphatic carboxylic acids is 1. The third kappa shape index (κ3) is 4.02. The molecular weight excluding hydrogens is 458 g/mol. The standard InChI is InChI=1S/C25H23NO5S2/c1-31-17-10-8-14(9-11-17)18-19(22(24(28)29)32-23-21(18)33-25(30)26-23)20(27)16-7-6-13-4-2-3-5-15(13)12-16/h6-12,18-19,22H,2-5H2,1H3,(H,26,30)(H,28,29)/t18-,19-,22+/m0/s1. The van der Waals surface area contributed by atoms with Crippen molar-refractivity contribution in [3.8, 4) is 5.75 Å². The van der Waals surface area contributed by atoms with Crippen LogP contribution in [-0.4, -0.2) is 34.2 Å². The summed E-state index contributed by atoms with van der Waals surface area (Å²) in [5.74, 6) is -1.98. The minimum absolute atomic E-state index is 0.199. The van der Waals surface area contributed by atoms with Crippen molar-refractivity contribution in [2.45, 2.75) is 41.9 Å². The highest BCUT2D eigenvalue weighted by Gasteiger charge is 2.47. The average molecular weight is 482 g/mol. The van der Waals surface area contributed by atoms with Crippen LogP contribution in [0.4, 0.5) is 0 Å². The number of thiazole rings is 1. The van der Waals surface area contributed by atoms with E-state index in [9.17, 15) is 19.5 Å². The molecule has 2 N–H and O–H groups in total. The fourth-order valence-electron chi connectivity index (χ4n) is 4.90. The molecule has 0 amide bonds. The normalized spacial score (nSPS) is 21.7. The number of aromatic amines is 1. The number of ether oxygens (including phenoxy) is 1. The van der Waals surface area contributed by atoms with Crippen molar-refractivity contribution in [1.82, 2.24) is 4.98 Å². The van der Waals surface area contributed by atoms with Gasteiger partial charge in [0.15, 0.2) is 5.78 Å². The summed E-state index contributed by atoms with van der Waals surface area (Å²) < 4.78 is 5.27. The summed E-state index contributed by atoms with van der Waals surface area (Å²) in [6.07, 6.45) is 4.19. The molecule has 2 aromatic carbocycles. The van der Waals surface area contributed by atoms with Crippen LogP contribution in [0.3, 0.4) is 0 Å². The van der Waals surface area contributed by atoms with Gasteiger partial charge in [-0.05, 0) is 60.6 Å². The number of benzene rings is 2. The number of thioether (sulfide) groups is 1. The van der Waals surface area contributed by atoms with E-state index in [4.69, 9.17) is 4.74 Å². The maximum atomic E-state index is 13.9. The Morgan fingerprint density at radius 2 is 1.79 bits per heavy atom. The molecular formula is C25H23NO5S2. The lowest BCUT2D eigenvalue weighted by molar-refractivity contribution is -0.137. The van der Waals surface area contributed by atoms with Crippen LogP contribution < -0.4 is 9.61 Å². The van der Waals surface area contributed by atoms with Crippen LogP contribution >= 0.6 is 23.1 Å². The van der Waals surface area contributed by atoms with Crippen LogP contribution in [0.2, 0.25) is 0 Å². The first-order chi connectivity index (χ1) is 16.0. The van der Waals surface area contributed by atoms with Gasteiger partial charge in [-0.3, -0.25) is 14.4 Å². The second-order valence-electron chi connectivity index (χ2n) is 8.42. The molecule has 3 atom stereocenters. The smallest absolute Gasteiger partial charge is 0.317 e. The van der Waals surface area contributed by atoms with Crippen molar-refractivity contribution in [1.29, 1.82) is 0 Å². The Bertz CT molecular complexity index is 1280. The quantitative estimate of drug-likeness (QED) is 0.521. The predicted octanol–water partition coefficient (Wildman–Crippen LogP) is 4.51. The predicted molar refractivity (Wildman–Crippen MR) is 128 cm³/mol. The van der Waals surface area contributed by atoms with E-state index in [1.165, 1.54) is 11.1 Å². The highest BCUT2D eigenvalue weighted by Crippen LogP contribution is 2.50. The number of ketones is 1.